The van der Waals surface area contributed by atoms with E-state index < -0.39 is 0 Å². The van der Waals surface area contributed by atoms with E-state index in [1.165, 1.54) is 42.7 Å². The van der Waals surface area contributed by atoms with Crippen LogP contribution in [0.2, 0.25) is 0 Å². The fraction of sp³-hybridized carbons (Fsp3) is 0.533. The van der Waals surface area contributed by atoms with Gasteiger partial charge in [-0.25, -0.2) is 0 Å². The van der Waals surface area contributed by atoms with E-state index >= 15 is 0 Å². The summed E-state index contributed by atoms with van der Waals surface area (Å²) in [5, 5.41) is 4.49. The van der Waals surface area contributed by atoms with Gasteiger partial charge in [-0.3, -0.25) is 0 Å². The van der Waals surface area contributed by atoms with Crippen molar-refractivity contribution >= 4 is 34.8 Å². The highest BCUT2D eigenvalue weighted by atomic mass is 32.2. The van der Waals surface area contributed by atoms with Crippen LogP contribution in [0.1, 0.15) is 32.1 Å². The van der Waals surface area contributed by atoms with Gasteiger partial charge in [0.25, 0.3) is 0 Å². The molecule has 1 aromatic rings. The molecule has 1 heterocycles. The third-order valence-corrected chi connectivity index (χ3v) is 5.29. The number of para-hydroxylation sites is 1. The third-order valence-electron chi connectivity index (χ3n) is 3.91. The average molecular weight is 292 g/mol. The quantitative estimate of drug-likeness (QED) is 0.791. The Hall–Kier alpha value is -0.740. The lowest BCUT2D eigenvalue weighted by Gasteiger charge is -2.34. The Labute approximate surface area is 124 Å². The van der Waals surface area contributed by atoms with Crippen LogP contribution in [0.3, 0.4) is 0 Å². The predicted molar refractivity (Wildman–Crippen MR) is 87.1 cm³/mol. The van der Waals surface area contributed by atoms with Crippen LogP contribution in [0.25, 0.3) is 0 Å². The second kappa shape index (κ2) is 6.14. The number of nitrogens with zero attached hydrogens (tertiary/aromatic N) is 1. The van der Waals surface area contributed by atoms with Gasteiger partial charge in [0, 0.05) is 23.2 Å². The van der Waals surface area contributed by atoms with E-state index in [2.05, 4.69) is 34.5 Å². The zero-order chi connectivity index (χ0) is 13.1. The van der Waals surface area contributed by atoms with E-state index in [4.69, 9.17) is 12.2 Å². The van der Waals surface area contributed by atoms with Crippen molar-refractivity contribution in [3.05, 3.63) is 24.3 Å². The fourth-order valence-electron chi connectivity index (χ4n) is 2.88. The SMILES string of the molecule is S=C(NC1CCCCC1)N1CCSc2ccccc21. The maximum absolute atomic E-state index is 5.64. The second-order valence-electron chi connectivity index (χ2n) is 5.25. The largest absolute Gasteiger partial charge is 0.360 e. The molecule has 1 N–H and O–H groups in total. The van der Waals surface area contributed by atoms with Gasteiger partial charge in [0.2, 0.25) is 0 Å². The molecule has 1 aliphatic carbocycles. The Kier molecular flexibility index (Phi) is 4.28. The smallest absolute Gasteiger partial charge is 0.173 e. The molecule has 0 bridgehead atoms. The van der Waals surface area contributed by atoms with Crippen LogP contribution in [0.4, 0.5) is 5.69 Å². The predicted octanol–water partition coefficient (Wildman–Crippen LogP) is 3.81. The summed E-state index contributed by atoms with van der Waals surface area (Å²) < 4.78 is 0. The molecular weight excluding hydrogens is 272 g/mol. The molecule has 1 aliphatic heterocycles. The van der Waals surface area contributed by atoms with E-state index in [1.54, 1.807) is 0 Å². The molecule has 1 fully saturated rings. The summed E-state index contributed by atoms with van der Waals surface area (Å²) in [5.41, 5.74) is 1.27. The van der Waals surface area contributed by atoms with Crippen molar-refractivity contribution in [2.24, 2.45) is 0 Å². The summed E-state index contributed by atoms with van der Waals surface area (Å²) in [4.78, 5) is 3.62. The van der Waals surface area contributed by atoms with Crippen LogP contribution < -0.4 is 10.2 Å². The van der Waals surface area contributed by atoms with Crippen molar-refractivity contribution in [3.63, 3.8) is 0 Å². The molecule has 1 aromatic carbocycles. The first-order chi connectivity index (χ1) is 9.34. The van der Waals surface area contributed by atoms with Crippen LogP contribution in [-0.4, -0.2) is 23.5 Å². The number of nitrogens with one attached hydrogen (secondary N) is 1. The van der Waals surface area contributed by atoms with Crippen LogP contribution in [-0.2, 0) is 0 Å². The van der Waals surface area contributed by atoms with Gasteiger partial charge in [0.05, 0.1) is 5.69 Å². The van der Waals surface area contributed by atoms with Crippen molar-refractivity contribution in [3.8, 4) is 0 Å². The van der Waals surface area contributed by atoms with Gasteiger partial charge >= 0.3 is 0 Å². The number of anilines is 1. The lowest BCUT2D eigenvalue weighted by molar-refractivity contribution is 0.413. The fourth-order valence-corrected chi connectivity index (χ4v) is 4.23. The van der Waals surface area contributed by atoms with Crippen molar-refractivity contribution in [2.75, 3.05) is 17.2 Å². The minimum Gasteiger partial charge on any atom is -0.360 e. The van der Waals surface area contributed by atoms with Gasteiger partial charge in [-0.15, -0.1) is 11.8 Å². The maximum atomic E-state index is 5.64. The first kappa shape index (κ1) is 13.3. The van der Waals surface area contributed by atoms with Crippen molar-refractivity contribution in [1.29, 1.82) is 0 Å². The minimum absolute atomic E-state index is 0.586. The van der Waals surface area contributed by atoms with Gasteiger partial charge in [-0.2, -0.15) is 0 Å². The lowest BCUT2D eigenvalue weighted by atomic mass is 9.96. The minimum atomic E-state index is 0.586. The van der Waals surface area contributed by atoms with Gasteiger partial charge in [-0.1, -0.05) is 31.4 Å². The van der Waals surface area contributed by atoms with Crippen LogP contribution >= 0.6 is 24.0 Å². The van der Waals surface area contributed by atoms with E-state index in [-0.39, 0.29) is 0 Å². The van der Waals surface area contributed by atoms with E-state index in [1.807, 2.05) is 11.8 Å². The topological polar surface area (TPSA) is 15.3 Å². The zero-order valence-corrected chi connectivity index (χ0v) is 12.7. The van der Waals surface area contributed by atoms with Crippen molar-refractivity contribution in [2.45, 2.75) is 43.0 Å². The summed E-state index contributed by atoms with van der Waals surface area (Å²) in [7, 11) is 0. The first-order valence-electron chi connectivity index (χ1n) is 7.14. The molecule has 3 rings (SSSR count). The summed E-state index contributed by atoms with van der Waals surface area (Å²) in [6.45, 7) is 1.01. The molecule has 102 valence electrons. The highest BCUT2D eigenvalue weighted by molar-refractivity contribution is 7.99. The monoisotopic (exact) mass is 292 g/mol. The summed E-state index contributed by atoms with van der Waals surface area (Å²) >= 11 is 7.56. The number of thioether (sulfide) groups is 1. The lowest BCUT2D eigenvalue weighted by Crippen LogP contribution is -2.47. The Morgan fingerprint density at radius 1 is 1.21 bits per heavy atom. The zero-order valence-electron chi connectivity index (χ0n) is 11.1. The summed E-state index contributed by atoms with van der Waals surface area (Å²) in [6.07, 6.45) is 6.60. The summed E-state index contributed by atoms with van der Waals surface area (Å²) in [6, 6.07) is 9.16. The molecule has 2 nitrogen and oxygen atoms in total. The number of fused-ring (bicyclic) bond motifs is 1. The number of hydrogen-bond donors (Lipinski definition) is 1. The molecule has 4 heteroatoms. The van der Waals surface area contributed by atoms with Crippen molar-refractivity contribution < 1.29 is 0 Å². The van der Waals surface area contributed by atoms with Crippen molar-refractivity contribution in [1.82, 2.24) is 5.32 Å². The highest BCUT2D eigenvalue weighted by Gasteiger charge is 2.22. The van der Waals surface area contributed by atoms with E-state index in [9.17, 15) is 0 Å². The molecule has 2 aliphatic rings. The number of thiocarbonyl (C=S) groups is 1. The Morgan fingerprint density at radius 3 is 2.84 bits per heavy atom. The molecule has 0 aromatic heterocycles. The first-order valence-corrected chi connectivity index (χ1v) is 8.54. The third kappa shape index (κ3) is 3.06. The molecular formula is C15H20N2S2. The van der Waals surface area contributed by atoms with Gasteiger partial charge in [0.1, 0.15) is 0 Å². The average Bonchev–Trinajstić information content (AvgIpc) is 2.47. The highest BCUT2D eigenvalue weighted by Crippen LogP contribution is 2.34. The molecule has 0 amide bonds. The molecule has 1 saturated carbocycles. The number of benzene rings is 1. The maximum Gasteiger partial charge on any atom is 0.173 e. The molecule has 0 radical (unpaired) electrons. The molecule has 0 unspecified atom stereocenters. The van der Waals surface area contributed by atoms with Gasteiger partial charge in [0.15, 0.2) is 5.11 Å². The Bertz CT molecular complexity index is 455. The number of rotatable bonds is 1. The second-order valence-corrected chi connectivity index (χ2v) is 6.78. The van der Waals surface area contributed by atoms with E-state index in [0.717, 1.165) is 17.4 Å². The van der Waals surface area contributed by atoms with Gasteiger partial charge < -0.3 is 10.2 Å². The van der Waals surface area contributed by atoms with Crippen LogP contribution in [0, 0.1) is 0 Å². The van der Waals surface area contributed by atoms with Crippen LogP contribution in [0.5, 0.6) is 0 Å². The molecule has 19 heavy (non-hydrogen) atoms. The Balaban J connectivity index is 1.70. The molecule has 0 spiro atoms. The Morgan fingerprint density at radius 2 is 2.00 bits per heavy atom. The molecule has 0 atom stereocenters. The normalized spacial score (nSPS) is 19.9. The molecule has 0 saturated heterocycles. The van der Waals surface area contributed by atoms with Crippen LogP contribution in [0.15, 0.2) is 29.2 Å². The van der Waals surface area contributed by atoms with E-state index in [0.29, 0.717) is 6.04 Å². The van der Waals surface area contributed by atoms with Gasteiger partial charge in [-0.05, 0) is 37.2 Å². The standard InChI is InChI=1S/C15H20N2S2/c18-15(16-12-6-2-1-3-7-12)17-10-11-19-14-9-5-4-8-13(14)17/h4-5,8-9,12H,1-3,6-7,10-11H2,(H,16,18). The number of hydrogen-bond acceptors (Lipinski definition) is 2. The summed E-state index contributed by atoms with van der Waals surface area (Å²) in [5.74, 6) is 1.11.